The van der Waals surface area contributed by atoms with Gasteiger partial charge in [0.2, 0.25) is 0 Å². The van der Waals surface area contributed by atoms with Crippen molar-refractivity contribution in [3.63, 3.8) is 0 Å². The molecule has 4 unspecified atom stereocenters. The fourth-order valence-corrected chi connectivity index (χ4v) is 3.98. The Balaban J connectivity index is 1.51. The molecule has 7 heteroatoms. The van der Waals surface area contributed by atoms with Crippen molar-refractivity contribution in [2.24, 2.45) is 5.92 Å². The maximum atomic E-state index is 14.5. The third kappa shape index (κ3) is 3.53. The molecule has 2 fully saturated rings. The molecule has 4 rings (SSSR count). The highest BCUT2D eigenvalue weighted by Crippen LogP contribution is 2.36. The summed E-state index contributed by atoms with van der Waals surface area (Å²) in [5.41, 5.74) is 7.55. The second kappa shape index (κ2) is 7.64. The SMILES string of the molecule is COc1cccc(F)c1C1CC2C(CN1)NNC2NC(=O)c1ccccc1. The summed E-state index contributed by atoms with van der Waals surface area (Å²) in [6, 6.07) is 13.9. The summed E-state index contributed by atoms with van der Waals surface area (Å²) in [7, 11) is 1.55. The quantitative estimate of drug-likeness (QED) is 0.660. The summed E-state index contributed by atoms with van der Waals surface area (Å²) < 4.78 is 19.8. The maximum absolute atomic E-state index is 14.5. The lowest BCUT2D eigenvalue weighted by Crippen LogP contribution is -2.49. The molecule has 2 saturated heterocycles. The van der Waals surface area contributed by atoms with Gasteiger partial charge in [-0.1, -0.05) is 24.3 Å². The number of carbonyl (C=O) groups is 1. The highest BCUT2D eigenvalue weighted by molar-refractivity contribution is 5.94. The number of hydrogen-bond donors (Lipinski definition) is 4. The van der Waals surface area contributed by atoms with Crippen LogP contribution >= 0.6 is 0 Å². The van der Waals surface area contributed by atoms with Crippen molar-refractivity contribution in [1.29, 1.82) is 0 Å². The van der Waals surface area contributed by atoms with E-state index in [0.717, 1.165) is 0 Å². The molecule has 0 radical (unpaired) electrons. The molecule has 0 bridgehead atoms. The van der Waals surface area contributed by atoms with Gasteiger partial charge < -0.3 is 15.4 Å². The van der Waals surface area contributed by atoms with Crippen LogP contribution in [0.3, 0.4) is 0 Å². The first kappa shape index (κ1) is 17.9. The number of nitrogens with one attached hydrogen (secondary N) is 4. The zero-order valence-electron chi connectivity index (χ0n) is 15.0. The average Bonchev–Trinajstić information content (AvgIpc) is 3.10. The van der Waals surface area contributed by atoms with E-state index in [1.54, 1.807) is 31.4 Å². The summed E-state index contributed by atoms with van der Waals surface area (Å²) >= 11 is 0. The van der Waals surface area contributed by atoms with Crippen LogP contribution in [0.5, 0.6) is 5.75 Å². The van der Waals surface area contributed by atoms with Gasteiger partial charge in [-0.3, -0.25) is 10.2 Å². The molecule has 2 aromatic carbocycles. The van der Waals surface area contributed by atoms with Gasteiger partial charge in [0, 0.05) is 35.7 Å². The van der Waals surface area contributed by atoms with Crippen LogP contribution in [0.2, 0.25) is 0 Å². The van der Waals surface area contributed by atoms with E-state index in [1.807, 2.05) is 18.2 Å². The van der Waals surface area contributed by atoms with Gasteiger partial charge >= 0.3 is 0 Å². The molecule has 0 aliphatic carbocycles. The minimum atomic E-state index is -0.283. The van der Waals surface area contributed by atoms with E-state index in [-0.39, 0.29) is 35.9 Å². The molecule has 0 aromatic heterocycles. The van der Waals surface area contributed by atoms with E-state index in [2.05, 4.69) is 21.5 Å². The molecule has 0 saturated carbocycles. The summed E-state index contributed by atoms with van der Waals surface area (Å²) in [6.07, 6.45) is 0.437. The molecule has 2 aliphatic rings. The van der Waals surface area contributed by atoms with Crippen LogP contribution in [0, 0.1) is 11.7 Å². The number of methoxy groups -OCH3 is 1. The van der Waals surface area contributed by atoms with Crippen LogP contribution in [0.1, 0.15) is 28.4 Å². The first-order valence-corrected chi connectivity index (χ1v) is 9.10. The number of carbonyl (C=O) groups excluding carboxylic acids is 1. The van der Waals surface area contributed by atoms with E-state index in [4.69, 9.17) is 4.74 Å². The molecule has 6 nitrogen and oxygen atoms in total. The lowest BCUT2D eigenvalue weighted by atomic mass is 9.84. The number of amides is 1. The minimum absolute atomic E-state index is 0.119. The number of halogens is 1. The van der Waals surface area contributed by atoms with Crippen molar-refractivity contribution in [1.82, 2.24) is 21.5 Å². The predicted molar refractivity (Wildman–Crippen MR) is 99.6 cm³/mol. The summed E-state index contributed by atoms with van der Waals surface area (Å²) in [5.74, 6) is 0.242. The Bertz CT molecular complexity index is 817. The number of fused-ring (bicyclic) bond motifs is 1. The number of ether oxygens (including phenoxy) is 1. The Morgan fingerprint density at radius 2 is 1.96 bits per heavy atom. The fourth-order valence-electron chi connectivity index (χ4n) is 3.98. The van der Waals surface area contributed by atoms with Crippen molar-refractivity contribution >= 4 is 5.91 Å². The molecule has 1 amide bonds. The van der Waals surface area contributed by atoms with Crippen molar-refractivity contribution in [3.05, 3.63) is 65.5 Å². The smallest absolute Gasteiger partial charge is 0.252 e. The van der Waals surface area contributed by atoms with E-state index < -0.39 is 0 Å². The van der Waals surface area contributed by atoms with Gasteiger partial charge in [0.1, 0.15) is 11.6 Å². The summed E-state index contributed by atoms with van der Waals surface area (Å²) in [5, 5.41) is 6.44. The van der Waals surface area contributed by atoms with E-state index in [1.165, 1.54) is 6.07 Å². The van der Waals surface area contributed by atoms with Crippen LogP contribution in [0.15, 0.2) is 48.5 Å². The van der Waals surface area contributed by atoms with Gasteiger partial charge in [0.05, 0.1) is 13.3 Å². The van der Waals surface area contributed by atoms with E-state index >= 15 is 0 Å². The Kier molecular flexibility index (Phi) is 5.07. The van der Waals surface area contributed by atoms with Gasteiger partial charge in [-0.15, -0.1) is 0 Å². The van der Waals surface area contributed by atoms with Crippen LogP contribution in [-0.2, 0) is 0 Å². The average molecular weight is 370 g/mol. The number of rotatable bonds is 4. The number of benzene rings is 2. The van der Waals surface area contributed by atoms with Gasteiger partial charge in [0.15, 0.2) is 0 Å². The van der Waals surface area contributed by atoms with Crippen molar-refractivity contribution in [2.45, 2.75) is 24.7 Å². The number of piperidine rings is 1. The molecule has 2 aliphatic heterocycles. The highest BCUT2D eigenvalue weighted by Gasteiger charge is 2.42. The third-order valence-electron chi connectivity index (χ3n) is 5.37. The molecule has 27 heavy (non-hydrogen) atoms. The zero-order valence-corrected chi connectivity index (χ0v) is 15.0. The molecule has 2 heterocycles. The monoisotopic (exact) mass is 370 g/mol. The van der Waals surface area contributed by atoms with Crippen LogP contribution in [0.4, 0.5) is 4.39 Å². The largest absolute Gasteiger partial charge is 0.496 e. The van der Waals surface area contributed by atoms with Gasteiger partial charge in [-0.25, -0.2) is 9.82 Å². The third-order valence-corrected chi connectivity index (χ3v) is 5.37. The van der Waals surface area contributed by atoms with Crippen LogP contribution < -0.4 is 26.2 Å². The standard InChI is InChI=1S/C20H23FN4O2/c1-27-17-9-5-8-14(21)18(17)15-10-13-16(11-22-15)24-25-19(13)23-20(26)12-6-3-2-4-7-12/h2-9,13,15-16,19,22,24-25H,10-11H2,1H3,(H,23,26). The molecule has 4 N–H and O–H groups in total. The second-order valence-electron chi connectivity index (χ2n) is 6.93. The first-order valence-electron chi connectivity index (χ1n) is 9.10. The molecular weight excluding hydrogens is 347 g/mol. The Morgan fingerprint density at radius 3 is 2.74 bits per heavy atom. The Labute approximate surface area is 157 Å². The fraction of sp³-hybridized carbons (Fsp3) is 0.350. The molecular formula is C20H23FN4O2. The summed E-state index contributed by atoms with van der Waals surface area (Å²) in [6.45, 7) is 0.664. The summed E-state index contributed by atoms with van der Waals surface area (Å²) in [4.78, 5) is 12.5. The Hall–Kier alpha value is -2.48. The molecule has 4 atom stereocenters. The Morgan fingerprint density at radius 1 is 1.15 bits per heavy atom. The van der Waals surface area contributed by atoms with Gasteiger partial charge in [-0.05, 0) is 30.7 Å². The minimum Gasteiger partial charge on any atom is -0.496 e. The lowest BCUT2D eigenvalue weighted by molar-refractivity contribution is 0.0913. The first-order chi connectivity index (χ1) is 13.2. The maximum Gasteiger partial charge on any atom is 0.252 e. The number of hydrazine groups is 1. The normalized spacial score (nSPS) is 27.0. The van der Waals surface area contributed by atoms with Crippen molar-refractivity contribution in [3.8, 4) is 5.75 Å². The predicted octanol–water partition coefficient (Wildman–Crippen LogP) is 1.72. The van der Waals surface area contributed by atoms with Gasteiger partial charge in [-0.2, -0.15) is 0 Å². The lowest BCUT2D eigenvalue weighted by Gasteiger charge is -2.35. The highest BCUT2D eigenvalue weighted by atomic mass is 19.1. The second-order valence-corrected chi connectivity index (χ2v) is 6.93. The van der Waals surface area contributed by atoms with Crippen molar-refractivity contribution < 1.29 is 13.9 Å². The van der Waals surface area contributed by atoms with E-state index in [9.17, 15) is 9.18 Å². The van der Waals surface area contributed by atoms with Crippen LogP contribution in [0.25, 0.3) is 0 Å². The molecule has 142 valence electrons. The zero-order chi connectivity index (χ0) is 18.8. The van der Waals surface area contributed by atoms with Crippen molar-refractivity contribution in [2.75, 3.05) is 13.7 Å². The topological polar surface area (TPSA) is 74.4 Å². The molecule has 2 aromatic rings. The number of hydrogen-bond acceptors (Lipinski definition) is 5. The van der Waals surface area contributed by atoms with Crippen LogP contribution in [-0.4, -0.2) is 31.8 Å². The van der Waals surface area contributed by atoms with E-state index in [0.29, 0.717) is 29.8 Å². The van der Waals surface area contributed by atoms with Gasteiger partial charge in [0.25, 0.3) is 5.91 Å². The molecule has 0 spiro atoms.